The molecule has 0 fully saturated rings. The average Bonchev–Trinajstić information content (AvgIpc) is 2.23. The van der Waals surface area contributed by atoms with Gasteiger partial charge in [0.1, 0.15) is 5.75 Å². The van der Waals surface area contributed by atoms with Crippen LogP contribution in [0.2, 0.25) is 0 Å². The van der Waals surface area contributed by atoms with E-state index < -0.39 is 0 Å². The predicted molar refractivity (Wildman–Crippen MR) is 72.6 cm³/mol. The summed E-state index contributed by atoms with van der Waals surface area (Å²) in [7, 11) is 0. The second-order valence-corrected chi connectivity index (χ2v) is 4.92. The van der Waals surface area contributed by atoms with Crippen LogP contribution in [-0.4, -0.2) is 25.2 Å². The van der Waals surface area contributed by atoms with Crippen molar-refractivity contribution in [1.82, 2.24) is 0 Å². The molecule has 1 aromatic carbocycles. The van der Waals surface area contributed by atoms with Gasteiger partial charge in [-0.2, -0.15) is 11.8 Å². The van der Waals surface area contributed by atoms with Crippen molar-refractivity contribution >= 4 is 11.8 Å². The molecule has 0 atom stereocenters. The van der Waals surface area contributed by atoms with Gasteiger partial charge in [-0.3, -0.25) is 0 Å². The van der Waals surface area contributed by atoms with Gasteiger partial charge in [-0.25, -0.2) is 0 Å². The minimum absolute atomic E-state index is 0.700. The van der Waals surface area contributed by atoms with Crippen molar-refractivity contribution in [2.75, 3.05) is 25.2 Å². The molecule has 0 spiro atoms. The van der Waals surface area contributed by atoms with E-state index in [0.717, 1.165) is 24.5 Å². The molecular weight excluding hydrogens is 218 g/mol. The van der Waals surface area contributed by atoms with Crippen molar-refractivity contribution in [3.63, 3.8) is 0 Å². The summed E-state index contributed by atoms with van der Waals surface area (Å²) in [6, 6.07) is 4.35. The van der Waals surface area contributed by atoms with E-state index in [9.17, 15) is 0 Å². The predicted octanol–water partition coefficient (Wildman–Crippen LogP) is 2.55. The molecule has 3 heteroatoms. The van der Waals surface area contributed by atoms with Crippen LogP contribution in [0.3, 0.4) is 0 Å². The number of benzene rings is 1. The maximum absolute atomic E-state index is 5.79. The van der Waals surface area contributed by atoms with Crippen LogP contribution in [0.4, 0.5) is 0 Å². The van der Waals surface area contributed by atoms with E-state index in [2.05, 4.69) is 32.2 Å². The molecule has 16 heavy (non-hydrogen) atoms. The third kappa shape index (κ3) is 3.72. The fourth-order valence-corrected chi connectivity index (χ4v) is 2.06. The first-order valence-corrected chi connectivity index (χ1v) is 7.00. The highest BCUT2D eigenvalue weighted by molar-refractivity contribution is 7.98. The minimum Gasteiger partial charge on any atom is -0.492 e. The number of hydrogen-bond donors (Lipinski definition) is 1. The molecule has 1 aromatic rings. The van der Waals surface area contributed by atoms with Crippen LogP contribution in [-0.2, 0) is 6.42 Å². The summed E-state index contributed by atoms with van der Waals surface area (Å²) in [6.07, 6.45) is 3.03. The van der Waals surface area contributed by atoms with Crippen molar-refractivity contribution in [3.05, 3.63) is 28.8 Å². The highest BCUT2D eigenvalue weighted by atomic mass is 32.2. The highest BCUT2D eigenvalue weighted by Crippen LogP contribution is 2.25. The number of rotatable bonds is 6. The summed E-state index contributed by atoms with van der Waals surface area (Å²) >= 11 is 1.80. The van der Waals surface area contributed by atoms with E-state index in [1.165, 1.54) is 16.7 Å². The Morgan fingerprint density at radius 3 is 2.38 bits per heavy atom. The molecule has 0 saturated carbocycles. The second kappa shape index (κ2) is 6.81. The summed E-state index contributed by atoms with van der Waals surface area (Å²) in [5.41, 5.74) is 9.29. The van der Waals surface area contributed by atoms with E-state index in [0.29, 0.717) is 6.54 Å². The van der Waals surface area contributed by atoms with Gasteiger partial charge in [-0.15, -0.1) is 0 Å². The normalized spacial score (nSPS) is 10.5. The molecule has 0 saturated heterocycles. The molecule has 0 heterocycles. The molecule has 0 aliphatic heterocycles. The quantitative estimate of drug-likeness (QED) is 0.775. The van der Waals surface area contributed by atoms with Crippen molar-refractivity contribution in [2.24, 2.45) is 5.73 Å². The first-order chi connectivity index (χ1) is 7.69. The van der Waals surface area contributed by atoms with Crippen LogP contribution < -0.4 is 10.5 Å². The van der Waals surface area contributed by atoms with Gasteiger partial charge in [-0.05, 0) is 49.8 Å². The molecule has 0 aromatic heterocycles. The van der Waals surface area contributed by atoms with Crippen LogP contribution in [0.5, 0.6) is 5.75 Å². The molecule has 0 amide bonds. The van der Waals surface area contributed by atoms with Crippen LogP contribution >= 0.6 is 11.8 Å². The Hall–Kier alpha value is -0.670. The lowest BCUT2D eigenvalue weighted by Crippen LogP contribution is -2.06. The molecule has 1 rings (SSSR count). The Morgan fingerprint density at radius 1 is 1.25 bits per heavy atom. The fourth-order valence-electron chi connectivity index (χ4n) is 1.81. The number of thioether (sulfide) groups is 1. The smallest absolute Gasteiger partial charge is 0.125 e. The zero-order valence-corrected chi connectivity index (χ0v) is 11.2. The topological polar surface area (TPSA) is 35.2 Å². The van der Waals surface area contributed by atoms with Crippen molar-refractivity contribution in [1.29, 1.82) is 0 Å². The Balaban J connectivity index is 2.77. The average molecular weight is 239 g/mol. The summed E-state index contributed by atoms with van der Waals surface area (Å²) in [5.74, 6) is 2.07. The first kappa shape index (κ1) is 13.4. The van der Waals surface area contributed by atoms with Gasteiger partial charge in [0.15, 0.2) is 0 Å². The number of nitrogens with two attached hydrogens (primary N) is 1. The maximum Gasteiger partial charge on any atom is 0.125 e. The Labute approximate surface area is 103 Å². The zero-order valence-electron chi connectivity index (χ0n) is 10.4. The maximum atomic E-state index is 5.79. The lowest BCUT2D eigenvalue weighted by atomic mass is 10.0. The largest absolute Gasteiger partial charge is 0.492 e. The monoisotopic (exact) mass is 239 g/mol. The van der Waals surface area contributed by atoms with Gasteiger partial charge in [0.25, 0.3) is 0 Å². The lowest BCUT2D eigenvalue weighted by Gasteiger charge is -2.13. The first-order valence-electron chi connectivity index (χ1n) is 5.61. The van der Waals surface area contributed by atoms with E-state index >= 15 is 0 Å². The van der Waals surface area contributed by atoms with Gasteiger partial charge in [0.2, 0.25) is 0 Å². The van der Waals surface area contributed by atoms with Crippen molar-refractivity contribution < 1.29 is 4.74 Å². The second-order valence-electron chi connectivity index (χ2n) is 3.94. The minimum atomic E-state index is 0.700. The highest BCUT2D eigenvalue weighted by Gasteiger charge is 2.05. The van der Waals surface area contributed by atoms with E-state index in [1.807, 2.05) is 0 Å². The van der Waals surface area contributed by atoms with Crippen molar-refractivity contribution in [2.45, 2.75) is 20.3 Å². The third-order valence-corrected chi connectivity index (χ3v) is 3.06. The molecule has 0 bridgehead atoms. The Morgan fingerprint density at radius 2 is 1.88 bits per heavy atom. The Bertz CT molecular complexity index is 316. The molecule has 0 unspecified atom stereocenters. The van der Waals surface area contributed by atoms with Crippen LogP contribution in [0.25, 0.3) is 0 Å². The third-order valence-electron chi connectivity index (χ3n) is 2.49. The van der Waals surface area contributed by atoms with Gasteiger partial charge in [-0.1, -0.05) is 12.1 Å². The van der Waals surface area contributed by atoms with Crippen LogP contribution in [0, 0.1) is 13.8 Å². The van der Waals surface area contributed by atoms with Gasteiger partial charge < -0.3 is 10.5 Å². The molecule has 0 aliphatic carbocycles. The molecule has 0 aliphatic rings. The summed E-state index contributed by atoms with van der Waals surface area (Å²) in [4.78, 5) is 0. The number of aryl methyl sites for hydroxylation is 2. The molecule has 0 radical (unpaired) electrons. The van der Waals surface area contributed by atoms with E-state index in [4.69, 9.17) is 10.5 Å². The Kier molecular flexibility index (Phi) is 5.71. The number of hydrogen-bond acceptors (Lipinski definition) is 3. The lowest BCUT2D eigenvalue weighted by molar-refractivity contribution is 0.339. The zero-order chi connectivity index (χ0) is 12.0. The molecular formula is C13H21NOS. The van der Waals surface area contributed by atoms with Crippen LogP contribution in [0.15, 0.2) is 12.1 Å². The standard InChI is InChI=1S/C13H21NOS/c1-10-8-12(4-5-14)9-11(2)13(10)15-6-7-16-3/h8-9H,4-7,14H2,1-3H3. The van der Waals surface area contributed by atoms with E-state index in [1.54, 1.807) is 11.8 Å². The molecule has 2 N–H and O–H groups in total. The fraction of sp³-hybridized carbons (Fsp3) is 0.538. The summed E-state index contributed by atoms with van der Waals surface area (Å²) in [5, 5.41) is 0. The molecule has 90 valence electrons. The van der Waals surface area contributed by atoms with E-state index in [-0.39, 0.29) is 0 Å². The van der Waals surface area contributed by atoms with Crippen molar-refractivity contribution in [3.8, 4) is 5.75 Å². The summed E-state index contributed by atoms with van der Waals surface area (Å²) < 4.78 is 5.79. The summed E-state index contributed by atoms with van der Waals surface area (Å²) in [6.45, 7) is 5.67. The van der Waals surface area contributed by atoms with Gasteiger partial charge >= 0.3 is 0 Å². The van der Waals surface area contributed by atoms with Gasteiger partial charge in [0, 0.05) is 5.75 Å². The molecule has 2 nitrogen and oxygen atoms in total. The van der Waals surface area contributed by atoms with Gasteiger partial charge in [0.05, 0.1) is 6.61 Å². The number of ether oxygens (including phenoxy) is 1. The van der Waals surface area contributed by atoms with Crippen LogP contribution in [0.1, 0.15) is 16.7 Å². The SMILES string of the molecule is CSCCOc1c(C)cc(CCN)cc1C.